The van der Waals surface area contributed by atoms with E-state index in [4.69, 9.17) is 14.2 Å². The fourth-order valence-corrected chi connectivity index (χ4v) is 4.83. The summed E-state index contributed by atoms with van der Waals surface area (Å²) in [6.45, 7) is 3.36. The van der Waals surface area contributed by atoms with Gasteiger partial charge in [0.15, 0.2) is 6.61 Å². The number of carbonyl (C=O) groups is 2. The zero-order chi connectivity index (χ0) is 25.9. The van der Waals surface area contributed by atoms with E-state index in [-0.39, 0.29) is 18.0 Å². The molecule has 1 heterocycles. The second kappa shape index (κ2) is 10.3. The van der Waals surface area contributed by atoms with Gasteiger partial charge < -0.3 is 19.1 Å². The van der Waals surface area contributed by atoms with Gasteiger partial charge in [0, 0.05) is 0 Å². The Bertz CT molecular complexity index is 1390. The molecule has 0 aliphatic carbocycles. The first-order chi connectivity index (χ1) is 17.2. The minimum Gasteiger partial charge on any atom is -0.484 e. The van der Waals surface area contributed by atoms with Crippen LogP contribution in [0.4, 0.5) is 11.4 Å². The molecule has 10 heteroatoms. The predicted molar refractivity (Wildman–Crippen MR) is 134 cm³/mol. The smallest absolute Gasteiger partial charge is 0.348 e. The van der Waals surface area contributed by atoms with E-state index in [0.717, 1.165) is 11.1 Å². The Morgan fingerprint density at radius 1 is 1.06 bits per heavy atom. The van der Waals surface area contributed by atoms with E-state index in [1.807, 2.05) is 26.0 Å². The summed E-state index contributed by atoms with van der Waals surface area (Å²) in [4.78, 5) is 26.5. The third-order valence-corrected chi connectivity index (χ3v) is 7.05. The van der Waals surface area contributed by atoms with Crippen LogP contribution in [0.15, 0.2) is 71.6 Å². The molecule has 3 aromatic carbocycles. The predicted octanol–water partition coefficient (Wildman–Crippen LogP) is 3.45. The topological polar surface area (TPSA) is 111 Å². The lowest BCUT2D eigenvalue weighted by Crippen LogP contribution is -2.48. The van der Waals surface area contributed by atoms with Crippen LogP contribution in [0.1, 0.15) is 11.1 Å². The van der Waals surface area contributed by atoms with Crippen molar-refractivity contribution in [1.29, 1.82) is 0 Å². The Balaban J connectivity index is 1.43. The molecule has 1 aliphatic heterocycles. The number of anilines is 2. The number of carbonyl (C=O) groups excluding carboxylic acids is 2. The van der Waals surface area contributed by atoms with E-state index in [1.54, 1.807) is 30.3 Å². The number of nitrogens with one attached hydrogen (secondary N) is 1. The van der Waals surface area contributed by atoms with Crippen molar-refractivity contribution >= 4 is 33.3 Å². The molecule has 9 nitrogen and oxygen atoms in total. The molecule has 3 aromatic rings. The van der Waals surface area contributed by atoms with Gasteiger partial charge in [-0.2, -0.15) is 0 Å². The van der Waals surface area contributed by atoms with Crippen molar-refractivity contribution < 1.29 is 32.2 Å². The van der Waals surface area contributed by atoms with Gasteiger partial charge in [0.2, 0.25) is 6.10 Å². The molecule has 0 fully saturated rings. The number of hydrogen-bond acceptors (Lipinski definition) is 7. The third kappa shape index (κ3) is 5.44. The molecule has 36 heavy (non-hydrogen) atoms. The first kappa shape index (κ1) is 25.1. The van der Waals surface area contributed by atoms with Crippen molar-refractivity contribution in [2.75, 3.05) is 29.9 Å². The van der Waals surface area contributed by atoms with Gasteiger partial charge in [0.1, 0.15) is 11.5 Å². The SMILES string of the molecule is COC(=O)[C@@H]1CN(C(=O)COc2ccc(S(=O)(=O)Nc3cc(C)ccc3C)cc2)c2ccccc2O1. The lowest BCUT2D eigenvalue weighted by Gasteiger charge is -2.33. The Morgan fingerprint density at radius 2 is 1.78 bits per heavy atom. The lowest BCUT2D eigenvalue weighted by atomic mass is 10.1. The molecule has 1 N–H and O–H groups in total. The van der Waals surface area contributed by atoms with Crippen LogP contribution < -0.4 is 19.1 Å². The van der Waals surface area contributed by atoms with Gasteiger partial charge in [-0.25, -0.2) is 13.2 Å². The number of hydrogen-bond donors (Lipinski definition) is 1. The van der Waals surface area contributed by atoms with Gasteiger partial charge >= 0.3 is 5.97 Å². The zero-order valence-corrected chi connectivity index (χ0v) is 20.9. The molecule has 1 amide bonds. The van der Waals surface area contributed by atoms with Crippen molar-refractivity contribution in [1.82, 2.24) is 0 Å². The fraction of sp³-hybridized carbons (Fsp3) is 0.231. The third-order valence-electron chi connectivity index (χ3n) is 5.67. The highest BCUT2D eigenvalue weighted by Gasteiger charge is 2.34. The van der Waals surface area contributed by atoms with Crippen LogP contribution in [0.25, 0.3) is 0 Å². The number of amides is 1. The maximum atomic E-state index is 13.0. The molecule has 0 unspecified atom stereocenters. The summed E-state index contributed by atoms with van der Waals surface area (Å²) in [5.74, 6) is -0.277. The summed E-state index contributed by atoms with van der Waals surface area (Å²) < 4.78 is 44.3. The van der Waals surface area contributed by atoms with Crippen molar-refractivity contribution in [2.24, 2.45) is 0 Å². The Hall–Kier alpha value is -4.05. The van der Waals surface area contributed by atoms with Crippen LogP contribution in [0.5, 0.6) is 11.5 Å². The number of nitrogens with zero attached hydrogens (tertiary/aromatic N) is 1. The molecule has 0 spiro atoms. The molecule has 0 saturated carbocycles. The molecule has 4 rings (SSSR count). The summed E-state index contributed by atoms with van der Waals surface area (Å²) in [5, 5.41) is 0. The van der Waals surface area contributed by atoms with Gasteiger partial charge in [0.25, 0.3) is 15.9 Å². The highest BCUT2D eigenvalue weighted by molar-refractivity contribution is 7.92. The number of methoxy groups -OCH3 is 1. The summed E-state index contributed by atoms with van der Waals surface area (Å²) in [7, 11) is -2.55. The first-order valence-corrected chi connectivity index (χ1v) is 12.6. The van der Waals surface area contributed by atoms with Crippen molar-refractivity contribution in [2.45, 2.75) is 24.8 Å². The van der Waals surface area contributed by atoms with E-state index < -0.39 is 28.0 Å². The number of aryl methyl sites for hydroxylation is 2. The van der Waals surface area contributed by atoms with E-state index in [2.05, 4.69) is 4.72 Å². The van der Waals surface area contributed by atoms with Gasteiger partial charge in [-0.3, -0.25) is 9.52 Å². The quantitative estimate of drug-likeness (QED) is 0.485. The molecule has 0 radical (unpaired) electrons. The standard InChI is InChI=1S/C26H26N2O7S/c1-17-8-9-18(2)21(14-17)27-36(31,32)20-12-10-19(11-13-20)34-16-25(29)28-15-24(26(30)33-3)35-23-7-5-4-6-22(23)28/h4-14,24,27H,15-16H2,1-3H3/t24-/m0/s1. The Kier molecular flexibility index (Phi) is 7.16. The second-order valence-corrected chi connectivity index (χ2v) is 9.97. The number of para-hydroxylation sites is 2. The lowest BCUT2D eigenvalue weighted by molar-refractivity contribution is -0.148. The van der Waals surface area contributed by atoms with Gasteiger partial charge in [-0.15, -0.1) is 0 Å². The largest absolute Gasteiger partial charge is 0.484 e. The summed E-state index contributed by atoms with van der Waals surface area (Å²) in [6, 6.07) is 18.2. The highest BCUT2D eigenvalue weighted by atomic mass is 32.2. The van der Waals surface area contributed by atoms with Crippen LogP contribution in [-0.4, -0.2) is 46.7 Å². The van der Waals surface area contributed by atoms with Gasteiger partial charge in [-0.05, 0) is 67.4 Å². The number of fused-ring (bicyclic) bond motifs is 1. The van der Waals surface area contributed by atoms with Crippen LogP contribution in [-0.2, 0) is 24.3 Å². The average Bonchev–Trinajstić information content (AvgIpc) is 2.88. The average molecular weight is 511 g/mol. The number of rotatable bonds is 7. The van der Waals surface area contributed by atoms with Crippen molar-refractivity contribution in [3.8, 4) is 11.5 Å². The number of sulfonamides is 1. The minimum absolute atomic E-state index is 0.0207. The van der Waals surface area contributed by atoms with Crippen LogP contribution in [0.2, 0.25) is 0 Å². The number of esters is 1. The molecule has 0 saturated heterocycles. The molecule has 0 aromatic heterocycles. The monoisotopic (exact) mass is 510 g/mol. The number of ether oxygens (including phenoxy) is 3. The van der Waals surface area contributed by atoms with Crippen LogP contribution in [0, 0.1) is 13.8 Å². The molecular formula is C26H26N2O7S. The summed E-state index contributed by atoms with van der Waals surface area (Å²) in [6.07, 6.45) is -0.956. The maximum absolute atomic E-state index is 13.0. The van der Waals surface area contributed by atoms with Gasteiger partial charge in [-0.1, -0.05) is 24.3 Å². The van der Waals surface area contributed by atoms with Crippen molar-refractivity contribution in [3.63, 3.8) is 0 Å². The Labute approximate surface area is 209 Å². The minimum atomic E-state index is -3.81. The Morgan fingerprint density at radius 3 is 2.50 bits per heavy atom. The van der Waals surface area contributed by atoms with E-state index in [0.29, 0.717) is 22.9 Å². The first-order valence-electron chi connectivity index (χ1n) is 11.1. The van der Waals surface area contributed by atoms with E-state index in [1.165, 1.54) is 36.3 Å². The molecule has 1 aliphatic rings. The maximum Gasteiger partial charge on any atom is 0.348 e. The zero-order valence-electron chi connectivity index (χ0n) is 20.1. The molecule has 188 valence electrons. The van der Waals surface area contributed by atoms with Crippen molar-refractivity contribution in [3.05, 3.63) is 77.9 Å². The molecular weight excluding hydrogens is 484 g/mol. The summed E-state index contributed by atoms with van der Waals surface area (Å²) in [5.41, 5.74) is 2.77. The molecule has 0 bridgehead atoms. The highest BCUT2D eigenvalue weighted by Crippen LogP contribution is 2.33. The second-order valence-electron chi connectivity index (χ2n) is 8.29. The number of benzene rings is 3. The van der Waals surface area contributed by atoms with Gasteiger partial charge in [0.05, 0.1) is 29.9 Å². The normalized spacial score (nSPS) is 14.9. The summed E-state index contributed by atoms with van der Waals surface area (Å²) >= 11 is 0. The van der Waals surface area contributed by atoms with E-state index in [9.17, 15) is 18.0 Å². The van der Waals surface area contributed by atoms with E-state index >= 15 is 0 Å². The van der Waals surface area contributed by atoms with Crippen LogP contribution in [0.3, 0.4) is 0 Å². The molecule has 1 atom stereocenters. The fourth-order valence-electron chi connectivity index (χ4n) is 3.71. The van der Waals surface area contributed by atoms with Crippen LogP contribution >= 0.6 is 0 Å².